The van der Waals surface area contributed by atoms with E-state index >= 15 is 0 Å². The van der Waals surface area contributed by atoms with Gasteiger partial charge in [0.1, 0.15) is 0 Å². The molecule has 0 aromatic rings. The monoisotopic (exact) mass is 463 g/mol. The van der Waals surface area contributed by atoms with Crippen LogP contribution in [0.5, 0.6) is 0 Å². The van der Waals surface area contributed by atoms with Gasteiger partial charge in [-0.25, -0.2) is 0 Å². The summed E-state index contributed by atoms with van der Waals surface area (Å²) >= 11 is 0. The molecule has 32 heavy (non-hydrogen) atoms. The maximum Gasteiger partial charge on any atom is 0.383 e. The third-order valence-corrected chi connectivity index (χ3v) is 13.0. The first kappa shape index (κ1) is 25.3. The molecule has 6 nitrogen and oxygen atoms in total. The predicted octanol–water partition coefficient (Wildman–Crippen LogP) is 5.10. The summed E-state index contributed by atoms with van der Waals surface area (Å²) in [6, 6.07) is 0.399. The first-order valence-electron chi connectivity index (χ1n) is 13.2. The third-order valence-electron chi connectivity index (χ3n) is 8.21. The van der Waals surface area contributed by atoms with Crippen LogP contribution in [-0.4, -0.2) is 58.1 Å². The molecule has 0 N–H and O–H groups in total. The quantitative estimate of drug-likeness (QED) is 0.515. The van der Waals surface area contributed by atoms with E-state index in [0.29, 0.717) is 0 Å². The second-order valence-electron chi connectivity index (χ2n) is 10.5. The average molecular weight is 464 g/mol. The Balaban J connectivity index is 2.15. The van der Waals surface area contributed by atoms with Crippen molar-refractivity contribution in [2.75, 3.05) is 0 Å². The molecule has 0 aromatic heterocycles. The molecule has 0 aromatic carbocycles. The molecule has 3 fully saturated rings. The second-order valence-corrected chi connectivity index (χ2v) is 13.9. The van der Waals surface area contributed by atoms with Gasteiger partial charge in [0.05, 0.1) is 0 Å². The number of hydrogen-bond acceptors (Lipinski definition) is 3. The molecule has 0 saturated heterocycles. The van der Waals surface area contributed by atoms with Gasteiger partial charge in [-0.05, 0) is 45.1 Å². The van der Waals surface area contributed by atoms with E-state index in [4.69, 9.17) is 0 Å². The topological polar surface area (TPSA) is 60.9 Å². The van der Waals surface area contributed by atoms with E-state index in [-0.39, 0.29) is 35.8 Å². The lowest BCUT2D eigenvalue weighted by Crippen LogP contribution is -2.80. The van der Waals surface area contributed by atoms with Crippen LogP contribution in [0.3, 0.4) is 0 Å². The molecule has 3 saturated carbocycles. The van der Waals surface area contributed by atoms with Crippen molar-refractivity contribution in [3.63, 3.8) is 0 Å². The zero-order valence-corrected chi connectivity index (χ0v) is 21.9. The van der Waals surface area contributed by atoms with Crippen LogP contribution in [0.2, 0.25) is 6.55 Å². The fraction of sp³-hybridized carbons (Fsp3) is 0.880. The van der Waals surface area contributed by atoms with Gasteiger partial charge in [0.2, 0.25) is 17.7 Å². The molecule has 0 atom stereocenters. The summed E-state index contributed by atoms with van der Waals surface area (Å²) in [5.41, 5.74) is 0. The van der Waals surface area contributed by atoms with Crippen LogP contribution in [0.25, 0.3) is 0 Å². The summed E-state index contributed by atoms with van der Waals surface area (Å²) in [5.74, 6) is 0.112. The van der Waals surface area contributed by atoms with E-state index in [1.807, 2.05) is 0 Å². The Labute approximate surface area is 196 Å². The molecule has 3 rings (SSSR count). The normalized spacial score (nSPS) is 21.8. The Kier molecular flexibility index (Phi) is 8.81. The summed E-state index contributed by atoms with van der Waals surface area (Å²) in [6.45, 7) is 7.14. The van der Waals surface area contributed by atoms with Gasteiger partial charge < -0.3 is 13.7 Å². The predicted molar refractivity (Wildman–Crippen MR) is 130 cm³/mol. The number of rotatable bonds is 6. The summed E-state index contributed by atoms with van der Waals surface area (Å²) in [4.78, 5) is 40.2. The first-order valence-corrected chi connectivity index (χ1v) is 15.5. The van der Waals surface area contributed by atoms with Crippen molar-refractivity contribution in [2.24, 2.45) is 0 Å². The van der Waals surface area contributed by atoms with Gasteiger partial charge in [0.25, 0.3) is 0 Å². The van der Waals surface area contributed by atoms with Crippen molar-refractivity contribution >= 4 is 26.3 Å². The Hall–Kier alpha value is -1.37. The molecule has 0 spiro atoms. The van der Waals surface area contributed by atoms with Crippen molar-refractivity contribution in [2.45, 2.75) is 142 Å². The maximum absolute atomic E-state index is 13.4. The molecular formula is C25H45N3O3Si. The number of carbonyl (C=O) groups is 3. The summed E-state index contributed by atoms with van der Waals surface area (Å²) in [6.07, 6.45) is 16.2. The molecule has 0 radical (unpaired) electrons. The van der Waals surface area contributed by atoms with Crippen LogP contribution < -0.4 is 0 Å². The molecule has 7 heteroatoms. The van der Waals surface area contributed by atoms with Crippen LogP contribution >= 0.6 is 0 Å². The van der Waals surface area contributed by atoms with E-state index in [1.165, 1.54) is 19.3 Å². The van der Waals surface area contributed by atoms with Crippen LogP contribution in [0, 0.1) is 0 Å². The molecule has 0 bridgehead atoms. The van der Waals surface area contributed by atoms with Crippen LogP contribution in [0.4, 0.5) is 0 Å². The molecule has 3 amide bonds. The van der Waals surface area contributed by atoms with Crippen LogP contribution in [0.15, 0.2) is 0 Å². The Morgan fingerprint density at radius 2 is 0.719 bits per heavy atom. The minimum Gasteiger partial charge on any atom is -0.332 e. The minimum atomic E-state index is -3.14. The van der Waals surface area contributed by atoms with Gasteiger partial charge in [-0.1, -0.05) is 57.8 Å². The molecule has 182 valence electrons. The number of carbonyl (C=O) groups excluding carboxylic acids is 3. The Morgan fingerprint density at radius 1 is 0.500 bits per heavy atom. The van der Waals surface area contributed by atoms with Gasteiger partial charge in [-0.15, -0.1) is 0 Å². The Bertz CT molecular complexity index is 579. The van der Waals surface area contributed by atoms with Crippen molar-refractivity contribution < 1.29 is 14.4 Å². The highest BCUT2D eigenvalue weighted by Gasteiger charge is 2.57. The molecule has 0 aliphatic heterocycles. The molecule has 0 heterocycles. The van der Waals surface area contributed by atoms with Crippen LogP contribution in [0.1, 0.15) is 117 Å². The molecular weight excluding hydrogens is 418 g/mol. The maximum atomic E-state index is 13.4. The third kappa shape index (κ3) is 5.23. The van der Waals surface area contributed by atoms with Gasteiger partial charge in [0.15, 0.2) is 0 Å². The van der Waals surface area contributed by atoms with Crippen molar-refractivity contribution in [1.29, 1.82) is 0 Å². The second kappa shape index (κ2) is 11.2. The summed E-state index contributed by atoms with van der Waals surface area (Å²) in [5, 5.41) is 0. The highest BCUT2D eigenvalue weighted by molar-refractivity contribution is 6.76. The van der Waals surface area contributed by atoms with Crippen molar-refractivity contribution in [3.8, 4) is 0 Å². The van der Waals surface area contributed by atoms with E-state index in [1.54, 1.807) is 20.8 Å². The van der Waals surface area contributed by atoms with E-state index in [9.17, 15) is 14.4 Å². The van der Waals surface area contributed by atoms with Gasteiger partial charge in [-0.2, -0.15) is 0 Å². The van der Waals surface area contributed by atoms with Gasteiger partial charge in [0, 0.05) is 38.9 Å². The van der Waals surface area contributed by atoms with Gasteiger partial charge >= 0.3 is 8.56 Å². The smallest absolute Gasteiger partial charge is 0.332 e. The largest absolute Gasteiger partial charge is 0.383 e. The summed E-state index contributed by atoms with van der Waals surface area (Å²) < 4.78 is 6.29. The fourth-order valence-electron chi connectivity index (χ4n) is 7.07. The number of nitrogens with zero attached hydrogens (tertiary/aromatic N) is 3. The Morgan fingerprint density at radius 3 is 0.906 bits per heavy atom. The van der Waals surface area contributed by atoms with Gasteiger partial charge in [-0.3, -0.25) is 14.4 Å². The van der Waals surface area contributed by atoms with Crippen molar-refractivity contribution in [1.82, 2.24) is 13.7 Å². The van der Waals surface area contributed by atoms with E-state index in [2.05, 4.69) is 20.2 Å². The first-order chi connectivity index (χ1) is 15.3. The zero-order chi connectivity index (χ0) is 23.3. The van der Waals surface area contributed by atoms with E-state index in [0.717, 1.165) is 77.0 Å². The molecule has 3 aliphatic carbocycles. The standard InChI is InChI=1S/C25H45N3O3Si/c1-20(29)26(23-14-8-5-9-15-23)32(4,27(21(2)30)24-16-10-6-11-17-24)28(22(3)31)25-18-12-7-13-19-25/h23-25H,5-19H2,1-4H3. The van der Waals surface area contributed by atoms with E-state index < -0.39 is 8.56 Å². The fourth-order valence-corrected chi connectivity index (χ4v) is 12.4. The van der Waals surface area contributed by atoms with Crippen LogP contribution in [-0.2, 0) is 14.4 Å². The SMILES string of the molecule is CC(=O)N(C1CCCCC1)[Si](C)(N(C(C)=O)C1CCCCC1)N(C(C)=O)C1CCCCC1. The average Bonchev–Trinajstić information content (AvgIpc) is 2.75. The zero-order valence-electron chi connectivity index (χ0n) is 20.9. The van der Waals surface area contributed by atoms with Crippen molar-refractivity contribution in [3.05, 3.63) is 0 Å². The lowest BCUT2D eigenvalue weighted by atomic mass is 9.95. The molecule has 3 aliphatic rings. The number of amides is 3. The number of hydrogen-bond donors (Lipinski definition) is 0. The summed E-state index contributed by atoms with van der Waals surface area (Å²) in [7, 11) is -3.14. The minimum absolute atomic E-state index is 0.0372. The lowest BCUT2D eigenvalue weighted by Gasteiger charge is -2.58. The highest BCUT2D eigenvalue weighted by atomic mass is 28.4. The molecule has 0 unspecified atom stereocenters. The highest BCUT2D eigenvalue weighted by Crippen LogP contribution is 2.38. The lowest BCUT2D eigenvalue weighted by molar-refractivity contribution is -0.134.